The van der Waals surface area contributed by atoms with Crippen molar-refractivity contribution in [3.63, 3.8) is 0 Å². The zero-order chi connectivity index (χ0) is 11.8. The molecule has 1 aliphatic carbocycles. The van der Waals surface area contributed by atoms with E-state index in [0.29, 0.717) is 11.8 Å². The molecule has 1 aromatic carbocycles. The summed E-state index contributed by atoms with van der Waals surface area (Å²) in [7, 11) is 0. The van der Waals surface area contributed by atoms with Gasteiger partial charge in [-0.2, -0.15) is 0 Å². The van der Waals surface area contributed by atoms with Gasteiger partial charge in [0.25, 0.3) is 0 Å². The lowest BCUT2D eigenvalue weighted by Crippen LogP contribution is -2.16. The van der Waals surface area contributed by atoms with E-state index >= 15 is 0 Å². The highest BCUT2D eigenvalue weighted by Gasteiger charge is 2.29. The van der Waals surface area contributed by atoms with E-state index in [-0.39, 0.29) is 5.82 Å². The lowest BCUT2D eigenvalue weighted by molar-refractivity contribution is 0.495. The van der Waals surface area contributed by atoms with Crippen LogP contribution in [-0.2, 0) is 0 Å². The molecule has 0 aliphatic heterocycles. The minimum atomic E-state index is -0.212. The normalized spacial score (nSPS) is 24.6. The van der Waals surface area contributed by atoms with Gasteiger partial charge in [0.1, 0.15) is 5.82 Å². The highest BCUT2D eigenvalue weighted by atomic mass is 32.1. The molecule has 1 aliphatic rings. The van der Waals surface area contributed by atoms with Crippen LogP contribution < -0.4 is 5.73 Å². The van der Waals surface area contributed by atoms with Crippen LogP contribution in [0.3, 0.4) is 0 Å². The standard InChI is InChI=1S/C13H15FN2S/c14-9-4-5-12-11(6-9)16-13(17-12)10-3-1-2-8(10)7-15/h4-6,8,10H,1-3,7,15H2. The largest absolute Gasteiger partial charge is 0.330 e. The number of thiazole rings is 1. The predicted molar refractivity (Wildman–Crippen MR) is 68.7 cm³/mol. The van der Waals surface area contributed by atoms with Crippen LogP contribution in [0.15, 0.2) is 18.2 Å². The molecule has 17 heavy (non-hydrogen) atoms. The van der Waals surface area contributed by atoms with Gasteiger partial charge in [-0.25, -0.2) is 9.37 Å². The van der Waals surface area contributed by atoms with Gasteiger partial charge in [-0.3, -0.25) is 0 Å². The number of halogens is 1. The number of rotatable bonds is 2. The Morgan fingerprint density at radius 1 is 1.41 bits per heavy atom. The van der Waals surface area contributed by atoms with Crippen LogP contribution in [0.5, 0.6) is 0 Å². The zero-order valence-electron chi connectivity index (χ0n) is 9.53. The molecular formula is C13H15FN2S. The molecule has 2 N–H and O–H groups in total. The van der Waals surface area contributed by atoms with Crippen molar-refractivity contribution in [1.29, 1.82) is 0 Å². The molecule has 1 heterocycles. The Kier molecular flexibility index (Phi) is 2.84. The van der Waals surface area contributed by atoms with E-state index in [1.165, 1.54) is 31.4 Å². The average molecular weight is 250 g/mol. The number of hydrogen-bond acceptors (Lipinski definition) is 3. The third kappa shape index (κ3) is 1.96. The summed E-state index contributed by atoms with van der Waals surface area (Å²) in [5.74, 6) is 0.831. The highest BCUT2D eigenvalue weighted by molar-refractivity contribution is 7.18. The second-order valence-electron chi connectivity index (χ2n) is 4.70. The summed E-state index contributed by atoms with van der Waals surface area (Å²) >= 11 is 1.69. The first-order chi connectivity index (χ1) is 8.28. The first-order valence-corrected chi connectivity index (χ1v) is 6.85. The molecule has 4 heteroatoms. The molecule has 1 fully saturated rings. The Labute approximate surface area is 104 Å². The molecule has 0 spiro atoms. The minimum Gasteiger partial charge on any atom is -0.330 e. The summed E-state index contributed by atoms with van der Waals surface area (Å²) in [5, 5.41) is 1.14. The predicted octanol–water partition coefficient (Wildman–Crippen LogP) is 3.28. The summed E-state index contributed by atoms with van der Waals surface area (Å²) in [6.45, 7) is 0.731. The number of benzene rings is 1. The second-order valence-corrected chi connectivity index (χ2v) is 5.76. The van der Waals surface area contributed by atoms with Crippen molar-refractivity contribution in [2.45, 2.75) is 25.2 Å². The zero-order valence-corrected chi connectivity index (χ0v) is 10.3. The minimum absolute atomic E-state index is 0.212. The Hall–Kier alpha value is -1.00. The molecule has 2 atom stereocenters. The van der Waals surface area contributed by atoms with Crippen LogP contribution in [0, 0.1) is 11.7 Å². The molecule has 1 saturated carbocycles. The summed E-state index contributed by atoms with van der Waals surface area (Å²) in [4.78, 5) is 4.58. The van der Waals surface area contributed by atoms with Crippen molar-refractivity contribution < 1.29 is 4.39 Å². The lowest BCUT2D eigenvalue weighted by Gasteiger charge is -2.14. The topological polar surface area (TPSA) is 38.9 Å². The van der Waals surface area contributed by atoms with Crippen molar-refractivity contribution in [2.75, 3.05) is 6.54 Å². The molecule has 0 bridgehead atoms. The summed E-state index contributed by atoms with van der Waals surface area (Å²) < 4.78 is 14.2. The van der Waals surface area contributed by atoms with Crippen LogP contribution in [0.1, 0.15) is 30.2 Å². The molecule has 2 aromatic rings. The van der Waals surface area contributed by atoms with Gasteiger partial charge in [0, 0.05) is 12.0 Å². The molecule has 0 amide bonds. The van der Waals surface area contributed by atoms with Crippen LogP contribution in [-0.4, -0.2) is 11.5 Å². The molecule has 0 saturated heterocycles. The Morgan fingerprint density at radius 2 is 2.29 bits per heavy atom. The van der Waals surface area contributed by atoms with Gasteiger partial charge < -0.3 is 5.73 Å². The van der Waals surface area contributed by atoms with Gasteiger partial charge in [-0.05, 0) is 37.4 Å². The Balaban J connectivity index is 2.00. The number of aromatic nitrogens is 1. The van der Waals surface area contributed by atoms with E-state index in [1.54, 1.807) is 11.3 Å². The fourth-order valence-corrected chi connectivity index (χ4v) is 3.90. The van der Waals surface area contributed by atoms with Gasteiger partial charge in [-0.1, -0.05) is 6.42 Å². The summed E-state index contributed by atoms with van der Waals surface area (Å²) in [5.41, 5.74) is 6.58. The number of hydrogen-bond donors (Lipinski definition) is 1. The van der Waals surface area contributed by atoms with Crippen LogP contribution in [0.2, 0.25) is 0 Å². The van der Waals surface area contributed by atoms with Gasteiger partial charge >= 0.3 is 0 Å². The second kappa shape index (κ2) is 4.35. The van der Waals surface area contributed by atoms with Crippen molar-refractivity contribution in [3.05, 3.63) is 29.0 Å². The maximum Gasteiger partial charge on any atom is 0.125 e. The van der Waals surface area contributed by atoms with Crippen LogP contribution in [0.25, 0.3) is 10.2 Å². The molecule has 90 valence electrons. The Bertz CT molecular complexity index is 537. The first kappa shape index (κ1) is 11.1. The molecule has 0 radical (unpaired) electrons. The van der Waals surface area contributed by atoms with Gasteiger partial charge in [0.15, 0.2) is 0 Å². The van der Waals surface area contributed by atoms with Crippen LogP contribution >= 0.6 is 11.3 Å². The average Bonchev–Trinajstić information content (AvgIpc) is 2.93. The first-order valence-electron chi connectivity index (χ1n) is 6.04. The maximum atomic E-state index is 13.1. The van der Waals surface area contributed by atoms with Crippen molar-refractivity contribution in [2.24, 2.45) is 11.7 Å². The summed E-state index contributed by atoms with van der Waals surface area (Å²) in [6.07, 6.45) is 3.60. The highest BCUT2D eigenvalue weighted by Crippen LogP contribution is 2.41. The molecule has 2 unspecified atom stereocenters. The number of fused-ring (bicyclic) bond motifs is 1. The fourth-order valence-electron chi connectivity index (χ4n) is 2.72. The SMILES string of the molecule is NCC1CCCC1c1nc2cc(F)ccc2s1. The summed E-state index contributed by atoms with van der Waals surface area (Å²) in [6, 6.07) is 4.83. The smallest absolute Gasteiger partial charge is 0.125 e. The van der Waals surface area contributed by atoms with E-state index in [4.69, 9.17) is 5.73 Å². The van der Waals surface area contributed by atoms with Gasteiger partial charge in [-0.15, -0.1) is 11.3 Å². The molecule has 3 rings (SSSR count). The van der Waals surface area contributed by atoms with Gasteiger partial charge in [0.05, 0.1) is 15.2 Å². The fraction of sp³-hybridized carbons (Fsp3) is 0.462. The number of nitrogens with zero attached hydrogens (tertiary/aromatic N) is 1. The van der Waals surface area contributed by atoms with E-state index in [0.717, 1.165) is 21.8 Å². The quantitative estimate of drug-likeness (QED) is 0.888. The molecular weight excluding hydrogens is 235 g/mol. The third-order valence-electron chi connectivity index (χ3n) is 3.65. The van der Waals surface area contributed by atoms with Gasteiger partial charge in [0.2, 0.25) is 0 Å². The molecule has 2 nitrogen and oxygen atoms in total. The van der Waals surface area contributed by atoms with Crippen molar-refractivity contribution in [1.82, 2.24) is 4.98 Å². The maximum absolute atomic E-state index is 13.1. The number of nitrogens with two attached hydrogens (primary N) is 1. The third-order valence-corrected chi connectivity index (χ3v) is 4.81. The van der Waals surface area contributed by atoms with E-state index in [9.17, 15) is 4.39 Å². The molecule has 1 aromatic heterocycles. The van der Waals surface area contributed by atoms with Crippen LogP contribution in [0.4, 0.5) is 4.39 Å². The van der Waals surface area contributed by atoms with E-state index in [1.807, 2.05) is 6.07 Å². The monoisotopic (exact) mass is 250 g/mol. The van der Waals surface area contributed by atoms with Crippen molar-refractivity contribution in [3.8, 4) is 0 Å². The lowest BCUT2D eigenvalue weighted by atomic mass is 9.97. The van der Waals surface area contributed by atoms with E-state index < -0.39 is 0 Å². The Morgan fingerprint density at radius 3 is 3.12 bits per heavy atom. The van der Waals surface area contributed by atoms with E-state index in [2.05, 4.69) is 4.98 Å². The van der Waals surface area contributed by atoms with Crippen molar-refractivity contribution >= 4 is 21.6 Å².